The van der Waals surface area contributed by atoms with E-state index in [0.717, 1.165) is 6.42 Å². The Labute approximate surface area is 255 Å². The van der Waals surface area contributed by atoms with Gasteiger partial charge in [0.1, 0.15) is 0 Å². The van der Waals surface area contributed by atoms with Crippen LogP contribution in [0.2, 0.25) is 29.9 Å². The summed E-state index contributed by atoms with van der Waals surface area (Å²) in [5, 5.41) is 3.16. The predicted octanol–water partition coefficient (Wildman–Crippen LogP) is 9.41. The van der Waals surface area contributed by atoms with Crippen molar-refractivity contribution in [2.24, 2.45) is 10.8 Å². The molecule has 3 unspecified atom stereocenters. The van der Waals surface area contributed by atoms with Gasteiger partial charge in [-0.3, -0.25) is 0 Å². The van der Waals surface area contributed by atoms with Crippen molar-refractivity contribution >= 4 is 16.5 Å². The molecule has 215 valence electrons. The SMILES string of the molecule is CC1=C(C)C(C)(C2=CC[C]([Ti])(C3(C)C=C([Si](C)(C)NC(C)(C)C)C(C)=C3C)C=C2)C=C1[Si](C)(C)NC(C)(C)C. The fourth-order valence-corrected chi connectivity index (χ4v) is 15.9. The molecule has 0 saturated heterocycles. The van der Waals surface area contributed by atoms with Gasteiger partial charge in [0.05, 0.1) is 0 Å². The van der Waals surface area contributed by atoms with E-state index < -0.39 is 16.5 Å². The minimum atomic E-state index is -1.80. The number of rotatable bonds is 6. The summed E-state index contributed by atoms with van der Waals surface area (Å²) in [5.41, 5.74) is 7.72. The first-order chi connectivity index (χ1) is 17.3. The number of hydrogen-bond donors (Lipinski definition) is 2. The Morgan fingerprint density at radius 3 is 1.59 bits per heavy atom. The van der Waals surface area contributed by atoms with Crippen LogP contribution in [0, 0.1) is 10.8 Å². The van der Waals surface area contributed by atoms with Gasteiger partial charge in [0.2, 0.25) is 0 Å². The molecular weight excluding hydrogens is 540 g/mol. The van der Waals surface area contributed by atoms with E-state index in [9.17, 15) is 0 Å². The summed E-state index contributed by atoms with van der Waals surface area (Å²) in [4.78, 5) is 8.03. The van der Waals surface area contributed by atoms with E-state index in [1.54, 1.807) is 16.0 Å². The summed E-state index contributed by atoms with van der Waals surface area (Å²) in [5.74, 6) is 0. The molecule has 3 aliphatic carbocycles. The van der Waals surface area contributed by atoms with Gasteiger partial charge in [-0.25, -0.2) is 0 Å². The van der Waals surface area contributed by atoms with Crippen LogP contribution in [0.5, 0.6) is 0 Å². The fraction of sp³-hybridized carbons (Fsp3) is 0.647. The minimum absolute atomic E-state index is 0.0126. The van der Waals surface area contributed by atoms with Crippen LogP contribution in [0.4, 0.5) is 0 Å². The third-order valence-electron chi connectivity index (χ3n) is 9.80. The zero-order valence-corrected chi connectivity index (χ0v) is 31.7. The van der Waals surface area contributed by atoms with Crippen molar-refractivity contribution < 1.29 is 20.4 Å². The molecule has 3 aliphatic rings. The van der Waals surface area contributed by atoms with Gasteiger partial charge in [0, 0.05) is 0 Å². The fourth-order valence-electron chi connectivity index (χ4n) is 7.67. The molecule has 0 aliphatic heterocycles. The number of allylic oxidation sites excluding steroid dienone is 12. The Balaban J connectivity index is 1.98. The van der Waals surface area contributed by atoms with Crippen molar-refractivity contribution in [3.8, 4) is 0 Å². The zero-order chi connectivity index (χ0) is 30.2. The van der Waals surface area contributed by atoms with Crippen molar-refractivity contribution in [2.45, 2.75) is 130 Å². The van der Waals surface area contributed by atoms with Crippen molar-refractivity contribution in [1.29, 1.82) is 0 Å². The van der Waals surface area contributed by atoms with Crippen LogP contribution in [0.1, 0.15) is 89.5 Å². The molecule has 0 bridgehead atoms. The Morgan fingerprint density at radius 1 is 0.744 bits per heavy atom. The molecule has 0 fully saturated rings. The molecule has 39 heavy (non-hydrogen) atoms. The first-order valence-electron chi connectivity index (χ1n) is 14.9. The summed E-state index contributed by atoms with van der Waals surface area (Å²) >= 11 is 2.48. The molecule has 0 aromatic rings. The van der Waals surface area contributed by atoms with E-state index >= 15 is 0 Å². The standard InChI is InChI=1S/C34H57N2Si2.Ti/c1-23-25(3)33(11,21-29(23)37(13,14)35-31(5,6)7)27-17-19-28(20-18-27)34(12)22-30(24(2)26(34)4)38(15,16)36-32(8,9)10;/h17-19,21-22,35-36H,20H2,1-16H3;. The summed E-state index contributed by atoms with van der Waals surface area (Å²) < 4.78 is 0.0474. The normalized spacial score (nSPS) is 30.7. The van der Waals surface area contributed by atoms with Gasteiger partial charge in [-0.1, -0.05) is 0 Å². The summed E-state index contributed by atoms with van der Waals surface area (Å²) in [7, 11) is -3.60. The molecule has 0 radical (unpaired) electrons. The molecule has 0 spiro atoms. The van der Waals surface area contributed by atoms with Gasteiger partial charge in [-0.05, 0) is 0 Å². The van der Waals surface area contributed by atoms with Crippen LogP contribution in [0.15, 0.2) is 68.6 Å². The zero-order valence-electron chi connectivity index (χ0n) is 28.1. The first-order valence-corrected chi connectivity index (χ1v) is 21.6. The summed E-state index contributed by atoms with van der Waals surface area (Å²) in [6.45, 7) is 38.0. The second-order valence-corrected chi connectivity index (χ2v) is 25.7. The van der Waals surface area contributed by atoms with Gasteiger partial charge in [-0.2, -0.15) is 0 Å². The molecule has 0 aromatic heterocycles. The van der Waals surface area contributed by atoms with Crippen molar-refractivity contribution in [3.05, 3.63) is 68.6 Å². The quantitative estimate of drug-likeness (QED) is 0.298. The molecule has 0 heterocycles. The van der Waals surface area contributed by atoms with E-state index in [1.807, 2.05) is 0 Å². The average Bonchev–Trinajstić information content (AvgIpc) is 3.13. The molecule has 3 atom stereocenters. The summed E-state index contributed by atoms with van der Waals surface area (Å²) in [6, 6.07) is 0. The van der Waals surface area contributed by atoms with E-state index in [0.29, 0.717) is 0 Å². The monoisotopic (exact) mass is 597 g/mol. The molecule has 3 rings (SSSR count). The number of hydrogen-bond acceptors (Lipinski definition) is 2. The van der Waals surface area contributed by atoms with Crippen LogP contribution in [-0.2, 0) is 20.4 Å². The maximum atomic E-state index is 4.02. The predicted molar refractivity (Wildman–Crippen MR) is 174 cm³/mol. The van der Waals surface area contributed by atoms with Crippen LogP contribution >= 0.6 is 0 Å². The van der Waals surface area contributed by atoms with E-state index in [4.69, 9.17) is 0 Å². The van der Waals surface area contributed by atoms with Gasteiger partial charge >= 0.3 is 257 Å². The van der Waals surface area contributed by atoms with Gasteiger partial charge < -0.3 is 0 Å². The second kappa shape index (κ2) is 10.1. The molecule has 2 N–H and O–H groups in total. The van der Waals surface area contributed by atoms with Gasteiger partial charge in [0.15, 0.2) is 0 Å². The topological polar surface area (TPSA) is 24.1 Å². The molecule has 0 saturated carbocycles. The van der Waals surface area contributed by atoms with E-state index in [1.165, 1.54) is 22.3 Å². The Morgan fingerprint density at radius 2 is 1.18 bits per heavy atom. The van der Waals surface area contributed by atoms with Gasteiger partial charge in [-0.15, -0.1) is 0 Å². The average molecular weight is 598 g/mol. The molecule has 5 heteroatoms. The third kappa shape index (κ3) is 6.04. The Kier molecular flexibility index (Phi) is 8.51. The Bertz CT molecular complexity index is 1230. The van der Waals surface area contributed by atoms with E-state index in [-0.39, 0.29) is 25.6 Å². The van der Waals surface area contributed by atoms with Crippen molar-refractivity contribution in [1.82, 2.24) is 9.96 Å². The molecule has 2 nitrogen and oxygen atoms in total. The second-order valence-electron chi connectivity index (χ2n) is 16.2. The van der Waals surface area contributed by atoms with Crippen molar-refractivity contribution in [2.75, 3.05) is 0 Å². The first kappa shape index (κ1) is 33.0. The van der Waals surface area contributed by atoms with Crippen LogP contribution in [-0.4, -0.2) is 27.5 Å². The molecule has 0 aromatic carbocycles. The Hall–Kier alpha value is -0.492. The third-order valence-corrected chi connectivity index (χ3v) is 17.7. The summed E-state index contributed by atoms with van der Waals surface area (Å²) in [6.07, 6.45) is 13.9. The van der Waals surface area contributed by atoms with E-state index in [2.05, 4.69) is 170 Å². The van der Waals surface area contributed by atoms with Crippen molar-refractivity contribution in [3.63, 3.8) is 0 Å². The van der Waals surface area contributed by atoms with Crippen LogP contribution < -0.4 is 9.96 Å². The number of nitrogens with one attached hydrogen (secondary N) is 2. The van der Waals surface area contributed by atoms with Gasteiger partial charge in [0.25, 0.3) is 0 Å². The van der Waals surface area contributed by atoms with Crippen LogP contribution in [0.25, 0.3) is 0 Å². The maximum absolute atomic E-state index is 4.02. The van der Waals surface area contributed by atoms with Crippen LogP contribution in [0.3, 0.4) is 0 Å². The molecular formula is C34H57N2Si2Ti. The molecule has 0 amide bonds.